The molecule has 9 nitrogen and oxygen atoms in total. The largest absolute Gasteiger partial charge is 0.496 e. The van der Waals surface area contributed by atoms with Crippen LogP contribution in [0.1, 0.15) is 39.1 Å². The molecule has 5 rings (SSSR count). The minimum Gasteiger partial charge on any atom is -0.496 e. The summed E-state index contributed by atoms with van der Waals surface area (Å²) in [6.07, 6.45) is 1.46. The lowest BCUT2D eigenvalue weighted by Crippen LogP contribution is -2.44. The molecule has 2 amide bonds. The van der Waals surface area contributed by atoms with Gasteiger partial charge in [-0.05, 0) is 85.0 Å². The zero-order valence-corrected chi connectivity index (χ0v) is 21.6. The van der Waals surface area contributed by atoms with Crippen LogP contribution in [-0.4, -0.2) is 48.1 Å². The number of benzene rings is 3. The Morgan fingerprint density at radius 3 is 2.41 bits per heavy atom. The van der Waals surface area contributed by atoms with Crippen LogP contribution in [0, 0.1) is 18.2 Å². The number of rotatable bonds is 6. The van der Waals surface area contributed by atoms with E-state index in [1.807, 2.05) is 19.1 Å². The van der Waals surface area contributed by atoms with Crippen LogP contribution in [0.25, 0.3) is 33.4 Å². The number of aryl methyl sites for hydroxylation is 1. The predicted octanol–water partition coefficient (Wildman–Crippen LogP) is 5.10. The highest BCUT2D eigenvalue weighted by molar-refractivity contribution is 6.12. The lowest BCUT2D eigenvalue weighted by Gasteiger charge is -2.23. The fraction of sp³-hybridized carbons (Fsp3) is 0.207. The summed E-state index contributed by atoms with van der Waals surface area (Å²) in [4.78, 5) is 27.7. The van der Waals surface area contributed by atoms with E-state index >= 15 is 0 Å². The maximum Gasteiger partial charge on any atom is 0.264 e. The highest BCUT2D eigenvalue weighted by atomic mass is 19.1. The molecule has 3 aromatic carbocycles. The number of nitrogens with zero attached hydrogens (tertiary/aromatic N) is 1. The molecule has 200 valence electrons. The predicted molar refractivity (Wildman–Crippen MR) is 144 cm³/mol. The van der Waals surface area contributed by atoms with Gasteiger partial charge in [-0.1, -0.05) is 6.07 Å². The molecule has 1 fully saturated rings. The van der Waals surface area contributed by atoms with E-state index in [2.05, 4.69) is 5.32 Å². The molecule has 1 aliphatic rings. The average molecular weight is 531 g/mol. The van der Waals surface area contributed by atoms with Crippen LogP contribution >= 0.6 is 0 Å². The Morgan fingerprint density at radius 1 is 1.10 bits per heavy atom. The molecule has 0 bridgehead atoms. The summed E-state index contributed by atoms with van der Waals surface area (Å²) in [5.74, 6) is -0.983. The highest BCUT2D eigenvalue weighted by Gasteiger charge is 2.37. The quantitative estimate of drug-likeness (QED) is 0.156. The van der Waals surface area contributed by atoms with Gasteiger partial charge in [0, 0.05) is 24.0 Å². The van der Waals surface area contributed by atoms with E-state index in [1.165, 1.54) is 31.2 Å². The van der Waals surface area contributed by atoms with Crippen LogP contribution in [0.2, 0.25) is 0 Å². The number of hydrogen-bond acceptors (Lipinski definition) is 6. The number of carbonyl (C=O) groups is 2. The first-order valence-electron chi connectivity index (χ1n) is 12.3. The topological polar surface area (TPSA) is 128 Å². The fourth-order valence-electron chi connectivity index (χ4n) is 4.71. The summed E-state index contributed by atoms with van der Waals surface area (Å²) in [6, 6.07) is 14.4. The molecule has 0 saturated heterocycles. The third-order valence-electron chi connectivity index (χ3n) is 6.81. The van der Waals surface area contributed by atoms with E-state index in [0.717, 1.165) is 24.0 Å². The average Bonchev–Trinajstić information content (AvgIpc) is 3.71. The molecule has 39 heavy (non-hydrogen) atoms. The Balaban J connectivity index is 1.66. The SMILES string of the molecule is CNC(=O)c1c(-c2ccc(F)cc2)oc2ccc(-c3cc(C(=O)N(C(=N)NO)C4CC4)c(OC)cc3C)cc12. The van der Waals surface area contributed by atoms with Crippen LogP contribution in [-0.2, 0) is 0 Å². The van der Waals surface area contributed by atoms with Crippen molar-refractivity contribution in [2.45, 2.75) is 25.8 Å². The molecule has 1 saturated carbocycles. The first-order chi connectivity index (χ1) is 18.8. The first kappa shape index (κ1) is 25.9. The lowest BCUT2D eigenvalue weighted by molar-refractivity contribution is 0.0810. The molecule has 1 aliphatic carbocycles. The number of ether oxygens (including phenoxy) is 1. The second-order valence-corrected chi connectivity index (χ2v) is 9.34. The third kappa shape index (κ3) is 4.70. The Hall–Kier alpha value is -4.70. The second kappa shape index (κ2) is 10.2. The number of hydroxylamine groups is 1. The van der Waals surface area contributed by atoms with Gasteiger partial charge >= 0.3 is 0 Å². The molecule has 0 unspecified atom stereocenters. The van der Waals surface area contributed by atoms with Gasteiger partial charge in [0.1, 0.15) is 22.9 Å². The Kier molecular flexibility index (Phi) is 6.80. The summed E-state index contributed by atoms with van der Waals surface area (Å²) < 4.78 is 25.1. The summed E-state index contributed by atoms with van der Waals surface area (Å²) >= 11 is 0. The number of furan rings is 1. The highest BCUT2D eigenvalue weighted by Crippen LogP contribution is 2.39. The van der Waals surface area contributed by atoms with Crippen molar-refractivity contribution in [2.75, 3.05) is 14.2 Å². The number of fused-ring (bicyclic) bond motifs is 1. The van der Waals surface area contributed by atoms with Crippen molar-refractivity contribution < 1.29 is 28.3 Å². The summed E-state index contributed by atoms with van der Waals surface area (Å²) in [5.41, 5.74) is 5.60. The maximum atomic E-state index is 13.5. The fourth-order valence-corrected chi connectivity index (χ4v) is 4.71. The van der Waals surface area contributed by atoms with Gasteiger partial charge in [-0.3, -0.25) is 25.1 Å². The van der Waals surface area contributed by atoms with E-state index in [-0.39, 0.29) is 17.5 Å². The van der Waals surface area contributed by atoms with E-state index in [9.17, 15) is 19.2 Å². The summed E-state index contributed by atoms with van der Waals surface area (Å²) in [5, 5.41) is 20.5. The number of halogens is 1. The second-order valence-electron chi connectivity index (χ2n) is 9.34. The van der Waals surface area contributed by atoms with Crippen LogP contribution in [0.15, 0.2) is 59.0 Å². The van der Waals surface area contributed by atoms with Crippen molar-refractivity contribution in [1.82, 2.24) is 15.7 Å². The lowest BCUT2D eigenvalue weighted by atomic mass is 9.95. The van der Waals surface area contributed by atoms with Gasteiger partial charge < -0.3 is 14.5 Å². The minimum atomic E-state index is -0.476. The molecule has 10 heteroatoms. The number of amides is 2. The minimum absolute atomic E-state index is 0.179. The van der Waals surface area contributed by atoms with Crippen molar-refractivity contribution in [1.29, 1.82) is 5.41 Å². The maximum absolute atomic E-state index is 13.5. The summed E-state index contributed by atoms with van der Waals surface area (Å²) in [7, 11) is 2.99. The van der Waals surface area contributed by atoms with Gasteiger partial charge in [-0.2, -0.15) is 0 Å². The van der Waals surface area contributed by atoms with Gasteiger partial charge in [0.25, 0.3) is 11.8 Å². The molecule has 0 atom stereocenters. The zero-order chi connectivity index (χ0) is 27.8. The molecular weight excluding hydrogens is 503 g/mol. The van der Waals surface area contributed by atoms with Crippen LogP contribution in [0.5, 0.6) is 5.75 Å². The van der Waals surface area contributed by atoms with Gasteiger partial charge in [0.15, 0.2) is 0 Å². The number of methoxy groups -OCH3 is 1. The van der Waals surface area contributed by atoms with E-state index in [1.54, 1.807) is 35.8 Å². The number of carbonyl (C=O) groups excluding carboxylic acids is 2. The number of nitrogens with one attached hydrogen (secondary N) is 3. The monoisotopic (exact) mass is 530 g/mol. The van der Waals surface area contributed by atoms with E-state index in [0.29, 0.717) is 39.2 Å². The van der Waals surface area contributed by atoms with Gasteiger partial charge in [-0.25, -0.2) is 9.87 Å². The molecule has 1 aromatic heterocycles. The third-order valence-corrected chi connectivity index (χ3v) is 6.81. The summed E-state index contributed by atoms with van der Waals surface area (Å²) in [6.45, 7) is 1.88. The normalized spacial score (nSPS) is 12.7. The Labute approximate surface area is 223 Å². The molecule has 1 heterocycles. The van der Waals surface area contributed by atoms with Crippen molar-refractivity contribution in [3.63, 3.8) is 0 Å². The molecule has 4 N–H and O–H groups in total. The molecule has 4 aromatic rings. The van der Waals surface area contributed by atoms with Crippen LogP contribution in [0.3, 0.4) is 0 Å². The van der Waals surface area contributed by atoms with E-state index < -0.39 is 17.7 Å². The Bertz CT molecular complexity index is 1610. The van der Waals surface area contributed by atoms with Gasteiger partial charge in [-0.15, -0.1) is 0 Å². The first-order valence-corrected chi connectivity index (χ1v) is 12.3. The van der Waals surface area contributed by atoms with Gasteiger partial charge in [0.05, 0.1) is 18.2 Å². The molecule has 0 aliphatic heterocycles. The van der Waals surface area contributed by atoms with Crippen molar-refractivity contribution in [2.24, 2.45) is 0 Å². The van der Waals surface area contributed by atoms with Crippen molar-refractivity contribution in [3.05, 3.63) is 77.1 Å². The smallest absolute Gasteiger partial charge is 0.264 e. The van der Waals surface area contributed by atoms with Crippen molar-refractivity contribution >= 4 is 28.7 Å². The molecule has 0 radical (unpaired) electrons. The van der Waals surface area contributed by atoms with Gasteiger partial charge in [0.2, 0.25) is 5.96 Å². The number of guanidine groups is 1. The number of hydrogen-bond donors (Lipinski definition) is 4. The standard InChI is InChI=1S/C29H27FN4O5/c1-15-12-24(38-3)22(28(36)34(19-9-10-19)29(31)33-37)14-20(15)17-6-11-23-21(13-17)25(27(35)32-2)26(39-23)16-4-7-18(30)8-5-16/h4-8,11-14,19,37H,9-10H2,1-3H3,(H2,31,33)(H,32,35). The van der Waals surface area contributed by atoms with Crippen LogP contribution < -0.4 is 15.5 Å². The molecular formula is C29H27FN4O5. The molecule has 0 spiro atoms. The van der Waals surface area contributed by atoms with E-state index in [4.69, 9.17) is 14.6 Å². The zero-order valence-electron chi connectivity index (χ0n) is 21.6. The van der Waals surface area contributed by atoms with Crippen LogP contribution in [0.4, 0.5) is 4.39 Å². The van der Waals surface area contributed by atoms with Crippen molar-refractivity contribution in [3.8, 4) is 28.2 Å². The Morgan fingerprint density at radius 2 is 1.79 bits per heavy atom.